The van der Waals surface area contributed by atoms with E-state index in [1.165, 1.54) is 0 Å². The number of fused-ring (bicyclic) bond motifs is 2. The smallest absolute Gasteiger partial charge is 0.171 e. The van der Waals surface area contributed by atoms with E-state index in [1.807, 2.05) is 0 Å². The molecule has 3 aliphatic carbocycles. The largest absolute Gasteiger partial charge is 0.381 e. The summed E-state index contributed by atoms with van der Waals surface area (Å²) in [6.45, 7) is 0. The van der Waals surface area contributed by atoms with Gasteiger partial charge in [-0.15, -0.1) is 0 Å². The van der Waals surface area contributed by atoms with Crippen molar-refractivity contribution in [3.63, 3.8) is 0 Å². The summed E-state index contributed by atoms with van der Waals surface area (Å²) >= 11 is 0. The lowest BCUT2D eigenvalue weighted by Gasteiger charge is -2.28. The number of carbonyl (C=O) groups excluding carboxylic acids is 1. The van der Waals surface area contributed by atoms with Crippen molar-refractivity contribution in [1.29, 1.82) is 0 Å². The summed E-state index contributed by atoms with van der Waals surface area (Å²) in [4.78, 5) is 12.4. The first-order valence-corrected chi connectivity index (χ1v) is 7.44. The van der Waals surface area contributed by atoms with Crippen molar-refractivity contribution in [1.82, 2.24) is 5.16 Å². The molecular weight excluding hydrogens is 252 g/mol. The van der Waals surface area contributed by atoms with Crippen LogP contribution < -0.4 is 5.73 Å². The molecule has 4 rings (SSSR count). The Bertz CT molecular complexity index is 639. The Morgan fingerprint density at radius 1 is 1.30 bits per heavy atom. The summed E-state index contributed by atoms with van der Waals surface area (Å²) in [5.74, 6) is 2.13. The first-order chi connectivity index (χ1) is 9.77. The highest BCUT2D eigenvalue weighted by Crippen LogP contribution is 2.54. The molecule has 104 valence electrons. The van der Waals surface area contributed by atoms with Gasteiger partial charge in [0.1, 0.15) is 0 Å². The van der Waals surface area contributed by atoms with Crippen molar-refractivity contribution < 1.29 is 9.32 Å². The van der Waals surface area contributed by atoms with Crippen molar-refractivity contribution in [2.75, 3.05) is 5.73 Å². The monoisotopic (exact) mass is 270 g/mol. The maximum Gasteiger partial charge on any atom is 0.171 e. The Hall–Kier alpha value is -1.84. The van der Waals surface area contributed by atoms with Crippen LogP contribution in [0.2, 0.25) is 0 Å². The quantitative estimate of drug-likeness (QED) is 0.795. The van der Waals surface area contributed by atoms with E-state index in [2.05, 4.69) is 17.3 Å². The van der Waals surface area contributed by atoms with Crippen molar-refractivity contribution in [3.05, 3.63) is 29.0 Å². The zero-order valence-corrected chi connectivity index (χ0v) is 11.4. The molecule has 0 amide bonds. The van der Waals surface area contributed by atoms with Crippen LogP contribution in [-0.4, -0.2) is 10.9 Å². The van der Waals surface area contributed by atoms with Crippen molar-refractivity contribution in [2.24, 2.45) is 5.92 Å². The lowest BCUT2D eigenvalue weighted by Crippen LogP contribution is -2.21. The van der Waals surface area contributed by atoms with Gasteiger partial charge in [0.15, 0.2) is 17.4 Å². The summed E-state index contributed by atoms with van der Waals surface area (Å²) in [6.07, 6.45) is 10.1. The Labute approximate surface area is 117 Å². The average molecular weight is 270 g/mol. The van der Waals surface area contributed by atoms with E-state index in [0.717, 1.165) is 54.6 Å². The van der Waals surface area contributed by atoms with Crippen LogP contribution >= 0.6 is 0 Å². The molecule has 3 aliphatic rings. The summed E-state index contributed by atoms with van der Waals surface area (Å²) in [5, 5.41) is 3.94. The van der Waals surface area contributed by atoms with Gasteiger partial charge in [-0.1, -0.05) is 17.3 Å². The van der Waals surface area contributed by atoms with Gasteiger partial charge in [-0.25, -0.2) is 0 Å². The zero-order valence-electron chi connectivity index (χ0n) is 11.4. The normalized spacial score (nSPS) is 28.7. The summed E-state index contributed by atoms with van der Waals surface area (Å²) in [6, 6.07) is 0. The van der Waals surface area contributed by atoms with Crippen LogP contribution in [0.5, 0.6) is 0 Å². The maximum atomic E-state index is 12.4. The molecule has 0 radical (unpaired) electrons. The second kappa shape index (κ2) is 4.33. The molecule has 0 spiro atoms. The average Bonchev–Trinajstić information content (AvgIpc) is 3.00. The Morgan fingerprint density at radius 3 is 3.00 bits per heavy atom. The molecular formula is C16H18N2O2. The van der Waals surface area contributed by atoms with Gasteiger partial charge < -0.3 is 10.3 Å². The molecule has 2 unspecified atom stereocenters. The van der Waals surface area contributed by atoms with Gasteiger partial charge in [0.25, 0.3) is 0 Å². The van der Waals surface area contributed by atoms with Crippen LogP contribution in [0, 0.1) is 5.92 Å². The number of anilines is 1. The number of nitrogen functional groups attached to an aromatic ring is 1. The molecule has 0 aromatic carbocycles. The number of Topliss-reactive ketones (excluding diaryl/α,β-unsaturated/α-hetero) is 1. The standard InChI is InChI=1S/C16H18N2O2/c17-16-14-12(9-5-2-1-3-6-9)13-10(15(14)20-18-16)7-4-8-11(13)19/h1-2,9,12H,3-8H2,(H2,17,18). The predicted molar refractivity (Wildman–Crippen MR) is 75.9 cm³/mol. The Morgan fingerprint density at radius 2 is 2.20 bits per heavy atom. The minimum atomic E-state index is 0.115. The summed E-state index contributed by atoms with van der Waals surface area (Å²) in [5.41, 5.74) is 9.09. The van der Waals surface area contributed by atoms with E-state index < -0.39 is 0 Å². The highest BCUT2D eigenvalue weighted by molar-refractivity contribution is 6.08. The van der Waals surface area contributed by atoms with Crippen LogP contribution in [-0.2, 0) is 4.79 Å². The van der Waals surface area contributed by atoms with E-state index in [-0.39, 0.29) is 11.7 Å². The Balaban J connectivity index is 1.86. The molecule has 4 nitrogen and oxygen atoms in total. The van der Waals surface area contributed by atoms with E-state index >= 15 is 0 Å². The number of hydrogen-bond acceptors (Lipinski definition) is 4. The number of ketones is 1. The molecule has 1 heterocycles. The van der Waals surface area contributed by atoms with Gasteiger partial charge in [-0.05, 0) is 38.0 Å². The highest BCUT2D eigenvalue weighted by Gasteiger charge is 2.44. The van der Waals surface area contributed by atoms with Crippen molar-refractivity contribution in [3.8, 4) is 0 Å². The fourth-order valence-electron chi connectivity index (χ4n) is 4.02. The van der Waals surface area contributed by atoms with Crippen LogP contribution in [0.1, 0.15) is 55.8 Å². The molecule has 0 saturated carbocycles. The number of nitrogens with zero attached hydrogens (tertiary/aromatic N) is 1. The second-order valence-electron chi connectivity index (χ2n) is 6.00. The summed E-state index contributed by atoms with van der Waals surface area (Å²) < 4.78 is 5.44. The van der Waals surface area contributed by atoms with Gasteiger partial charge in [-0.2, -0.15) is 0 Å². The lowest BCUT2D eigenvalue weighted by molar-refractivity contribution is -0.116. The lowest BCUT2D eigenvalue weighted by atomic mass is 9.75. The molecule has 0 saturated heterocycles. The number of aromatic nitrogens is 1. The number of nitrogens with two attached hydrogens (primary N) is 1. The molecule has 0 fully saturated rings. The van der Waals surface area contributed by atoms with Crippen molar-refractivity contribution in [2.45, 2.75) is 44.4 Å². The second-order valence-corrected chi connectivity index (χ2v) is 6.00. The van der Waals surface area contributed by atoms with Gasteiger partial charge >= 0.3 is 0 Å². The summed E-state index contributed by atoms with van der Waals surface area (Å²) in [7, 11) is 0. The van der Waals surface area contributed by atoms with Crippen LogP contribution in [0.15, 0.2) is 22.2 Å². The van der Waals surface area contributed by atoms with Crippen molar-refractivity contribution >= 4 is 17.2 Å². The molecule has 1 aromatic rings. The number of rotatable bonds is 1. The van der Waals surface area contributed by atoms with E-state index in [1.54, 1.807) is 0 Å². The Kier molecular flexibility index (Phi) is 2.59. The maximum absolute atomic E-state index is 12.4. The molecule has 20 heavy (non-hydrogen) atoms. The number of hydrogen-bond donors (Lipinski definition) is 1. The highest BCUT2D eigenvalue weighted by atomic mass is 16.5. The van der Waals surface area contributed by atoms with E-state index in [0.29, 0.717) is 18.2 Å². The first kappa shape index (κ1) is 11.9. The first-order valence-electron chi connectivity index (χ1n) is 7.44. The fourth-order valence-corrected chi connectivity index (χ4v) is 4.02. The third kappa shape index (κ3) is 1.54. The van der Waals surface area contributed by atoms with E-state index in [4.69, 9.17) is 10.3 Å². The minimum Gasteiger partial charge on any atom is -0.381 e. The minimum absolute atomic E-state index is 0.115. The zero-order chi connectivity index (χ0) is 13.7. The van der Waals surface area contributed by atoms with Gasteiger partial charge in [-0.3, -0.25) is 4.79 Å². The third-order valence-corrected chi connectivity index (χ3v) is 4.89. The fraction of sp³-hybridized carbons (Fsp3) is 0.500. The van der Waals surface area contributed by atoms with E-state index in [9.17, 15) is 4.79 Å². The molecule has 4 heteroatoms. The number of allylic oxidation sites excluding steroid dienone is 4. The molecule has 0 bridgehead atoms. The number of carbonyl (C=O) groups is 1. The predicted octanol–water partition coefficient (Wildman–Crippen LogP) is 3.22. The molecule has 2 N–H and O–H groups in total. The molecule has 1 aromatic heterocycles. The van der Waals surface area contributed by atoms with Crippen LogP contribution in [0.25, 0.3) is 5.57 Å². The molecule has 2 atom stereocenters. The molecule has 0 aliphatic heterocycles. The third-order valence-electron chi connectivity index (χ3n) is 4.89. The van der Waals surface area contributed by atoms with Gasteiger partial charge in [0.2, 0.25) is 0 Å². The van der Waals surface area contributed by atoms with Crippen LogP contribution in [0.4, 0.5) is 5.82 Å². The van der Waals surface area contributed by atoms with Gasteiger partial charge in [0.05, 0.1) is 5.56 Å². The van der Waals surface area contributed by atoms with Crippen LogP contribution in [0.3, 0.4) is 0 Å². The van der Waals surface area contributed by atoms with Gasteiger partial charge in [0, 0.05) is 23.5 Å². The SMILES string of the molecule is Nc1noc2c1C(C1CC=CCC1)C1=C2CCCC1=O. The topological polar surface area (TPSA) is 69.1 Å².